The number of guanidine groups is 1. The van der Waals surface area contributed by atoms with Gasteiger partial charge in [-0.15, -0.1) is 0 Å². The summed E-state index contributed by atoms with van der Waals surface area (Å²) >= 11 is 0. The first-order valence-electron chi connectivity index (χ1n) is 10.4. The minimum atomic E-state index is -1.18. The molecule has 0 spiro atoms. The normalized spacial score (nSPS) is 20.1. The molecule has 1 aromatic heterocycles. The molecule has 164 valence electrons. The van der Waals surface area contributed by atoms with Crippen molar-refractivity contribution in [2.75, 3.05) is 32.7 Å². The van der Waals surface area contributed by atoms with Crippen LogP contribution in [-0.4, -0.2) is 60.4 Å². The van der Waals surface area contributed by atoms with E-state index in [4.69, 9.17) is 9.15 Å². The monoisotopic (exact) mass is 408 g/mol. The van der Waals surface area contributed by atoms with E-state index in [2.05, 4.69) is 15.6 Å². The highest BCUT2D eigenvalue weighted by molar-refractivity contribution is 5.79. The van der Waals surface area contributed by atoms with E-state index in [0.29, 0.717) is 37.3 Å². The smallest absolute Gasteiger partial charge is 0.410 e. The second kappa shape index (κ2) is 10.0. The average Bonchev–Trinajstić information content (AvgIpc) is 3.19. The Morgan fingerprint density at radius 1 is 1.38 bits per heavy atom. The Kier molecular flexibility index (Phi) is 7.96. The Morgan fingerprint density at radius 3 is 2.76 bits per heavy atom. The molecule has 0 saturated carbocycles. The van der Waals surface area contributed by atoms with Gasteiger partial charge in [-0.1, -0.05) is 0 Å². The van der Waals surface area contributed by atoms with Gasteiger partial charge in [0.2, 0.25) is 0 Å². The molecule has 0 radical (unpaired) electrons. The van der Waals surface area contributed by atoms with Crippen molar-refractivity contribution < 1.29 is 19.1 Å². The van der Waals surface area contributed by atoms with Gasteiger partial charge in [-0.05, 0) is 65.5 Å². The lowest BCUT2D eigenvalue weighted by molar-refractivity contribution is 0.0168. The highest BCUT2D eigenvalue weighted by Crippen LogP contribution is 2.21. The van der Waals surface area contributed by atoms with Crippen LogP contribution in [0.3, 0.4) is 0 Å². The second-order valence-electron chi connectivity index (χ2n) is 8.76. The summed E-state index contributed by atoms with van der Waals surface area (Å²) in [6.07, 6.45) is 3.27. The van der Waals surface area contributed by atoms with Crippen LogP contribution < -0.4 is 10.6 Å². The van der Waals surface area contributed by atoms with Gasteiger partial charge < -0.3 is 29.8 Å². The van der Waals surface area contributed by atoms with Crippen LogP contribution >= 0.6 is 0 Å². The van der Waals surface area contributed by atoms with E-state index in [9.17, 15) is 9.90 Å². The Hall–Kier alpha value is -2.22. The summed E-state index contributed by atoms with van der Waals surface area (Å²) in [5.41, 5.74) is -1.66. The summed E-state index contributed by atoms with van der Waals surface area (Å²) in [4.78, 5) is 18.6. The standard InChI is InChI=1S/C21H36N4O4/c1-6-22-18(24-15-21(5,27)17-10-8-12-28-17)23-13-16-9-7-11-25(14-16)19(26)29-20(2,3)4/h8,10,12,16,27H,6-7,9,11,13-15H2,1-5H3,(H2,22,23,24). The van der Waals surface area contributed by atoms with Crippen LogP contribution in [0.15, 0.2) is 27.8 Å². The van der Waals surface area contributed by atoms with Crippen molar-refractivity contribution in [1.29, 1.82) is 0 Å². The molecule has 1 amide bonds. The van der Waals surface area contributed by atoms with Crippen molar-refractivity contribution in [2.45, 2.75) is 58.7 Å². The number of nitrogens with one attached hydrogen (secondary N) is 2. The minimum absolute atomic E-state index is 0.171. The number of hydrogen-bond acceptors (Lipinski definition) is 5. The average molecular weight is 409 g/mol. The van der Waals surface area contributed by atoms with Gasteiger partial charge in [-0.3, -0.25) is 0 Å². The lowest BCUT2D eigenvalue weighted by Gasteiger charge is -2.34. The van der Waals surface area contributed by atoms with Crippen LogP contribution in [0, 0.1) is 5.92 Å². The molecule has 2 heterocycles. The quantitative estimate of drug-likeness (QED) is 0.494. The Morgan fingerprint density at radius 2 is 2.14 bits per heavy atom. The van der Waals surface area contributed by atoms with Crippen molar-refractivity contribution in [1.82, 2.24) is 15.5 Å². The molecule has 1 aromatic rings. The van der Waals surface area contributed by atoms with Gasteiger partial charge in [-0.2, -0.15) is 0 Å². The van der Waals surface area contributed by atoms with E-state index in [1.807, 2.05) is 27.7 Å². The van der Waals surface area contributed by atoms with Gasteiger partial charge in [-0.25, -0.2) is 9.79 Å². The Bertz CT molecular complexity index is 665. The van der Waals surface area contributed by atoms with Gasteiger partial charge in [0.15, 0.2) is 5.96 Å². The molecule has 0 aromatic carbocycles. The molecule has 3 N–H and O–H groups in total. The van der Waals surface area contributed by atoms with Crippen molar-refractivity contribution in [3.63, 3.8) is 0 Å². The summed E-state index contributed by atoms with van der Waals surface area (Å²) in [5.74, 6) is 1.43. The molecule has 8 nitrogen and oxygen atoms in total. The number of aliphatic hydroxyl groups is 1. The summed E-state index contributed by atoms with van der Waals surface area (Å²) in [6.45, 7) is 12.3. The number of carbonyl (C=O) groups excluding carboxylic acids is 1. The Labute approximate surface area is 173 Å². The summed E-state index contributed by atoms with van der Waals surface area (Å²) in [5, 5.41) is 17.1. The van der Waals surface area contributed by atoms with E-state index < -0.39 is 11.2 Å². The van der Waals surface area contributed by atoms with Crippen LogP contribution in [0.1, 0.15) is 53.2 Å². The lowest BCUT2D eigenvalue weighted by atomic mass is 9.98. The molecule has 1 fully saturated rings. The van der Waals surface area contributed by atoms with Crippen molar-refractivity contribution in [3.8, 4) is 0 Å². The van der Waals surface area contributed by atoms with Crippen molar-refractivity contribution >= 4 is 12.1 Å². The number of rotatable bonds is 6. The van der Waals surface area contributed by atoms with Crippen molar-refractivity contribution in [2.24, 2.45) is 10.9 Å². The highest BCUT2D eigenvalue weighted by atomic mass is 16.6. The third-order valence-corrected chi connectivity index (χ3v) is 4.67. The molecular formula is C21H36N4O4. The largest absolute Gasteiger partial charge is 0.466 e. The molecule has 8 heteroatoms. The first-order valence-corrected chi connectivity index (χ1v) is 10.4. The number of hydrogen-bond donors (Lipinski definition) is 3. The van der Waals surface area contributed by atoms with E-state index in [-0.39, 0.29) is 12.6 Å². The maximum Gasteiger partial charge on any atom is 0.410 e. The minimum Gasteiger partial charge on any atom is -0.466 e. The molecular weight excluding hydrogens is 372 g/mol. The molecule has 2 unspecified atom stereocenters. The van der Waals surface area contributed by atoms with Crippen LogP contribution in [0.25, 0.3) is 0 Å². The number of aliphatic imine (C=N–C) groups is 1. The van der Waals surface area contributed by atoms with Gasteiger partial charge in [0.25, 0.3) is 0 Å². The molecule has 2 rings (SSSR count). The molecule has 1 saturated heterocycles. The van der Waals surface area contributed by atoms with Crippen LogP contribution in [0.5, 0.6) is 0 Å². The summed E-state index contributed by atoms with van der Waals surface area (Å²) in [6, 6.07) is 3.49. The molecule has 29 heavy (non-hydrogen) atoms. The maximum atomic E-state index is 12.3. The van der Waals surface area contributed by atoms with Crippen LogP contribution in [-0.2, 0) is 10.3 Å². The van der Waals surface area contributed by atoms with Crippen molar-refractivity contribution in [3.05, 3.63) is 24.2 Å². The van der Waals surface area contributed by atoms with Gasteiger partial charge in [0.05, 0.1) is 12.8 Å². The summed E-state index contributed by atoms with van der Waals surface area (Å²) in [7, 11) is 0. The lowest BCUT2D eigenvalue weighted by Crippen LogP contribution is -2.47. The maximum absolute atomic E-state index is 12.3. The predicted molar refractivity (Wildman–Crippen MR) is 113 cm³/mol. The molecule has 1 aliphatic rings. The number of amides is 1. The number of likely N-dealkylation sites (tertiary alicyclic amines) is 1. The fourth-order valence-electron chi connectivity index (χ4n) is 3.20. The number of furan rings is 1. The van der Waals surface area contributed by atoms with E-state index in [1.54, 1.807) is 24.0 Å². The number of nitrogens with zero attached hydrogens (tertiary/aromatic N) is 2. The SMILES string of the molecule is CCNC(=NCC(C)(O)c1ccco1)NCC1CCCN(C(=O)OC(C)(C)C)C1. The number of piperidine rings is 1. The molecule has 0 bridgehead atoms. The van der Waals surface area contributed by atoms with Crippen LogP contribution in [0.2, 0.25) is 0 Å². The van der Waals surface area contributed by atoms with Gasteiger partial charge in [0, 0.05) is 26.2 Å². The Balaban J connectivity index is 1.90. The first-order chi connectivity index (χ1) is 13.6. The van der Waals surface area contributed by atoms with E-state index >= 15 is 0 Å². The van der Waals surface area contributed by atoms with E-state index in [0.717, 1.165) is 19.4 Å². The highest BCUT2D eigenvalue weighted by Gasteiger charge is 2.28. The fraction of sp³-hybridized carbons (Fsp3) is 0.714. The van der Waals surface area contributed by atoms with Crippen LogP contribution in [0.4, 0.5) is 4.79 Å². The second-order valence-corrected chi connectivity index (χ2v) is 8.76. The zero-order valence-corrected chi connectivity index (χ0v) is 18.3. The van der Waals surface area contributed by atoms with Gasteiger partial charge in [0.1, 0.15) is 17.0 Å². The summed E-state index contributed by atoms with van der Waals surface area (Å²) < 4.78 is 10.8. The first kappa shape index (κ1) is 23.1. The third-order valence-electron chi connectivity index (χ3n) is 4.67. The van der Waals surface area contributed by atoms with Gasteiger partial charge >= 0.3 is 6.09 Å². The zero-order chi connectivity index (χ0) is 21.5. The number of carbonyl (C=O) groups is 1. The third kappa shape index (κ3) is 7.61. The molecule has 2 atom stereocenters. The predicted octanol–water partition coefficient (Wildman–Crippen LogP) is 2.69. The topological polar surface area (TPSA) is 99.3 Å². The molecule has 1 aliphatic heterocycles. The zero-order valence-electron chi connectivity index (χ0n) is 18.3. The fourth-order valence-corrected chi connectivity index (χ4v) is 3.20. The molecule has 0 aliphatic carbocycles. The van der Waals surface area contributed by atoms with E-state index in [1.165, 1.54) is 6.26 Å². The number of ether oxygens (including phenoxy) is 1.